The van der Waals surface area contributed by atoms with Crippen LogP contribution >= 0.6 is 0 Å². The van der Waals surface area contributed by atoms with E-state index in [-0.39, 0.29) is 12.4 Å². The van der Waals surface area contributed by atoms with Crippen LogP contribution in [-0.2, 0) is 31.9 Å². The van der Waals surface area contributed by atoms with Crippen LogP contribution in [0.4, 0.5) is 0 Å². The van der Waals surface area contributed by atoms with Crippen LogP contribution in [0.15, 0.2) is 65.3 Å². The van der Waals surface area contributed by atoms with Crippen LogP contribution in [0.3, 0.4) is 0 Å². The van der Waals surface area contributed by atoms with Gasteiger partial charge in [0, 0.05) is 36.2 Å². The Hall–Kier alpha value is -3.35. The molecule has 7 nitrogen and oxygen atoms in total. The molecule has 0 aliphatic carbocycles. The summed E-state index contributed by atoms with van der Waals surface area (Å²) in [7, 11) is 0. The Morgan fingerprint density at radius 2 is 1.53 bits per heavy atom. The molecule has 1 atom stereocenters. The van der Waals surface area contributed by atoms with Gasteiger partial charge in [-0.1, -0.05) is 12.1 Å². The number of rotatable bonds is 10. The molecule has 3 heterocycles. The second-order valence-corrected chi connectivity index (χ2v) is 7.81. The summed E-state index contributed by atoms with van der Waals surface area (Å²) in [5.41, 5.74) is 3.90. The normalized spacial score (nSPS) is 15.8. The number of aliphatic imine (C=N–C) groups is 1. The van der Waals surface area contributed by atoms with Crippen molar-refractivity contribution in [2.45, 2.75) is 46.0 Å². The van der Waals surface area contributed by atoms with Gasteiger partial charge in [0.05, 0.1) is 24.7 Å². The van der Waals surface area contributed by atoms with E-state index in [1.54, 1.807) is 32.4 Å². The maximum absolute atomic E-state index is 12.6. The lowest BCUT2D eigenvalue weighted by Crippen LogP contribution is -2.30. The Bertz CT molecular complexity index is 971. The van der Waals surface area contributed by atoms with Gasteiger partial charge < -0.3 is 9.47 Å². The zero-order valence-corrected chi connectivity index (χ0v) is 18.6. The molecule has 0 bridgehead atoms. The Morgan fingerprint density at radius 1 is 0.938 bits per heavy atom. The van der Waals surface area contributed by atoms with Crippen molar-refractivity contribution in [3.8, 4) is 0 Å². The minimum atomic E-state index is -0.560. The van der Waals surface area contributed by atoms with Gasteiger partial charge in [0.15, 0.2) is 0 Å². The van der Waals surface area contributed by atoms with Crippen LogP contribution in [0, 0.1) is 5.92 Å². The van der Waals surface area contributed by atoms with E-state index in [2.05, 4.69) is 15.0 Å². The van der Waals surface area contributed by atoms with E-state index in [1.807, 2.05) is 30.5 Å². The van der Waals surface area contributed by atoms with Crippen LogP contribution < -0.4 is 0 Å². The van der Waals surface area contributed by atoms with Crippen LogP contribution in [0.2, 0.25) is 0 Å². The summed E-state index contributed by atoms with van der Waals surface area (Å²) in [6, 6.07) is 7.76. The fourth-order valence-corrected chi connectivity index (χ4v) is 3.56. The quantitative estimate of drug-likeness (QED) is 0.415. The topological polar surface area (TPSA) is 90.7 Å². The standard InChI is InChI=1S/C25H29N3O4/c1-18-22(24(29)31-13-5-9-20-7-3-11-26-16-20)15-23(19(2)28-18)25(30)32-14-6-10-21-8-4-12-27-17-21/h3-4,7-8,11-12,16-17,22H,5-6,9-10,13-15H2,1-2H3. The molecule has 0 saturated carbocycles. The highest BCUT2D eigenvalue weighted by Crippen LogP contribution is 2.26. The minimum Gasteiger partial charge on any atom is -0.465 e. The lowest BCUT2D eigenvalue weighted by atomic mass is 9.91. The summed E-state index contributed by atoms with van der Waals surface area (Å²) in [6.07, 6.45) is 10.3. The Balaban J connectivity index is 1.44. The Kier molecular flexibility index (Phi) is 8.66. The number of pyridine rings is 2. The number of esters is 2. The number of ether oxygens (including phenoxy) is 2. The van der Waals surface area contributed by atoms with Gasteiger partial charge in [-0.25, -0.2) is 4.79 Å². The molecule has 2 aromatic heterocycles. The molecule has 0 aromatic carbocycles. The lowest BCUT2D eigenvalue weighted by molar-refractivity contribution is -0.146. The zero-order valence-electron chi connectivity index (χ0n) is 18.6. The van der Waals surface area contributed by atoms with Crippen molar-refractivity contribution >= 4 is 17.7 Å². The predicted octanol–water partition coefficient (Wildman–Crippen LogP) is 3.88. The zero-order chi connectivity index (χ0) is 22.8. The molecule has 0 spiro atoms. The van der Waals surface area contributed by atoms with Crippen molar-refractivity contribution in [2.24, 2.45) is 10.9 Å². The first-order chi connectivity index (χ1) is 15.5. The van der Waals surface area contributed by atoms with Crippen molar-refractivity contribution in [2.75, 3.05) is 13.2 Å². The number of hydrogen-bond donors (Lipinski definition) is 0. The molecule has 2 aromatic rings. The van der Waals surface area contributed by atoms with Crippen molar-refractivity contribution in [3.05, 3.63) is 71.4 Å². The van der Waals surface area contributed by atoms with Gasteiger partial charge in [-0.05, 0) is 69.2 Å². The van der Waals surface area contributed by atoms with Crippen molar-refractivity contribution in [3.63, 3.8) is 0 Å². The van der Waals surface area contributed by atoms with E-state index in [1.165, 1.54) is 0 Å². The molecule has 0 N–H and O–H groups in total. The molecule has 1 aliphatic rings. The van der Waals surface area contributed by atoms with Crippen LogP contribution in [0.25, 0.3) is 0 Å². The maximum atomic E-state index is 12.6. The second kappa shape index (κ2) is 11.9. The molecule has 1 aliphatic heterocycles. The number of carbonyl (C=O) groups is 2. The Labute approximate surface area is 188 Å². The highest BCUT2D eigenvalue weighted by Gasteiger charge is 2.31. The molecule has 3 rings (SSSR count). The van der Waals surface area contributed by atoms with Gasteiger partial charge >= 0.3 is 11.9 Å². The lowest BCUT2D eigenvalue weighted by Gasteiger charge is -2.22. The van der Waals surface area contributed by atoms with Gasteiger partial charge in [-0.15, -0.1) is 0 Å². The number of aryl methyl sites for hydroxylation is 2. The van der Waals surface area contributed by atoms with Crippen molar-refractivity contribution < 1.29 is 19.1 Å². The maximum Gasteiger partial charge on any atom is 0.335 e. The molecular formula is C25H29N3O4. The molecule has 1 unspecified atom stereocenters. The van der Waals surface area contributed by atoms with E-state index in [0.717, 1.165) is 24.0 Å². The van der Waals surface area contributed by atoms with Crippen molar-refractivity contribution in [1.29, 1.82) is 0 Å². The average molecular weight is 436 g/mol. The second-order valence-electron chi connectivity index (χ2n) is 7.81. The average Bonchev–Trinajstić information content (AvgIpc) is 2.81. The smallest absolute Gasteiger partial charge is 0.335 e. The van der Waals surface area contributed by atoms with Gasteiger partial charge in [0.2, 0.25) is 0 Å². The number of nitrogens with zero attached hydrogens (tertiary/aromatic N) is 3. The summed E-state index contributed by atoms with van der Waals surface area (Å²) in [6.45, 7) is 4.18. The van der Waals surface area contributed by atoms with E-state index < -0.39 is 11.9 Å². The van der Waals surface area contributed by atoms with Gasteiger partial charge in [0.25, 0.3) is 0 Å². The third kappa shape index (κ3) is 6.83. The van der Waals surface area contributed by atoms with Gasteiger partial charge in [-0.3, -0.25) is 19.8 Å². The molecule has 7 heteroatoms. The summed E-state index contributed by atoms with van der Waals surface area (Å²) < 4.78 is 10.9. The molecule has 168 valence electrons. The fraction of sp³-hybridized carbons (Fsp3) is 0.400. The Morgan fingerprint density at radius 3 is 2.09 bits per heavy atom. The van der Waals surface area contributed by atoms with Crippen molar-refractivity contribution in [1.82, 2.24) is 9.97 Å². The summed E-state index contributed by atoms with van der Waals surface area (Å²) in [4.78, 5) is 37.8. The SMILES string of the molecule is CC1=NC(C)=C(C(=O)OCCCc2cccnc2)CC1C(=O)OCCCc1cccnc1. The van der Waals surface area contributed by atoms with Gasteiger partial charge in [0.1, 0.15) is 0 Å². The first-order valence-electron chi connectivity index (χ1n) is 10.9. The highest BCUT2D eigenvalue weighted by molar-refractivity contribution is 6.04. The molecule has 0 amide bonds. The molecule has 32 heavy (non-hydrogen) atoms. The van der Waals surface area contributed by atoms with E-state index in [9.17, 15) is 9.59 Å². The monoisotopic (exact) mass is 435 g/mol. The third-order valence-electron chi connectivity index (χ3n) is 5.37. The molecule has 0 saturated heterocycles. The third-order valence-corrected chi connectivity index (χ3v) is 5.37. The van der Waals surface area contributed by atoms with Gasteiger partial charge in [-0.2, -0.15) is 0 Å². The van der Waals surface area contributed by atoms with E-state index in [0.29, 0.717) is 43.0 Å². The number of aromatic nitrogens is 2. The fourth-order valence-electron chi connectivity index (χ4n) is 3.56. The number of hydrogen-bond acceptors (Lipinski definition) is 7. The van der Waals surface area contributed by atoms with Crippen LogP contribution in [0.5, 0.6) is 0 Å². The summed E-state index contributed by atoms with van der Waals surface area (Å²) in [5.74, 6) is -1.33. The molecule has 0 radical (unpaired) electrons. The van der Waals surface area contributed by atoms with E-state index in [4.69, 9.17) is 9.47 Å². The van der Waals surface area contributed by atoms with Crippen LogP contribution in [0.1, 0.15) is 44.2 Å². The summed E-state index contributed by atoms with van der Waals surface area (Å²) in [5, 5.41) is 0. The summed E-state index contributed by atoms with van der Waals surface area (Å²) >= 11 is 0. The first-order valence-corrected chi connectivity index (χ1v) is 10.9. The molecule has 0 fully saturated rings. The largest absolute Gasteiger partial charge is 0.465 e. The highest BCUT2D eigenvalue weighted by atomic mass is 16.5. The minimum absolute atomic E-state index is 0.254. The first kappa shape index (κ1) is 23.3. The predicted molar refractivity (Wildman–Crippen MR) is 121 cm³/mol. The van der Waals surface area contributed by atoms with Crippen LogP contribution in [-0.4, -0.2) is 40.8 Å². The number of allylic oxidation sites excluding steroid dienone is 1. The molecular weight excluding hydrogens is 406 g/mol. The number of carbonyl (C=O) groups excluding carboxylic acids is 2. The van der Waals surface area contributed by atoms with E-state index >= 15 is 0 Å².